The minimum Gasteiger partial charge on any atom is -0.497 e. The van der Waals surface area contributed by atoms with Crippen LogP contribution in [0.2, 0.25) is 0 Å². The highest BCUT2D eigenvalue weighted by Crippen LogP contribution is 2.19. The predicted molar refractivity (Wildman–Crippen MR) is 112 cm³/mol. The van der Waals surface area contributed by atoms with Crippen molar-refractivity contribution in [2.45, 2.75) is 32.8 Å². The van der Waals surface area contributed by atoms with Gasteiger partial charge in [0, 0.05) is 38.0 Å². The van der Waals surface area contributed by atoms with Crippen LogP contribution in [0.4, 0.5) is 4.79 Å². The van der Waals surface area contributed by atoms with Crippen LogP contribution in [0.3, 0.4) is 0 Å². The highest BCUT2D eigenvalue weighted by molar-refractivity contribution is 7.09. The topological polar surface area (TPSA) is 72.0 Å². The maximum absolute atomic E-state index is 12.8. The molecule has 1 saturated heterocycles. The molecule has 29 heavy (non-hydrogen) atoms. The van der Waals surface area contributed by atoms with Crippen molar-refractivity contribution in [3.8, 4) is 5.75 Å². The monoisotopic (exact) mass is 417 g/mol. The number of piperazine rings is 1. The molecule has 0 aliphatic carbocycles. The van der Waals surface area contributed by atoms with Gasteiger partial charge in [0.15, 0.2) is 0 Å². The molecule has 2 aromatic rings. The molecule has 0 atom stereocenters. The Bertz CT molecular complexity index is 850. The largest absolute Gasteiger partial charge is 0.497 e. The first-order valence-corrected chi connectivity index (χ1v) is 10.5. The molecule has 1 fully saturated rings. The van der Waals surface area contributed by atoms with E-state index in [-0.39, 0.29) is 12.0 Å². The van der Waals surface area contributed by atoms with Crippen LogP contribution in [-0.4, -0.2) is 65.7 Å². The van der Waals surface area contributed by atoms with Crippen LogP contribution in [0.15, 0.2) is 29.6 Å². The van der Waals surface area contributed by atoms with E-state index in [1.807, 2.05) is 45.0 Å². The summed E-state index contributed by atoms with van der Waals surface area (Å²) in [6.07, 6.45) is 0.342. The van der Waals surface area contributed by atoms with Gasteiger partial charge in [0.25, 0.3) is 5.91 Å². The summed E-state index contributed by atoms with van der Waals surface area (Å²) in [7, 11) is 1.64. The van der Waals surface area contributed by atoms with Gasteiger partial charge in [-0.15, -0.1) is 11.3 Å². The Morgan fingerprint density at radius 1 is 1.07 bits per heavy atom. The van der Waals surface area contributed by atoms with Gasteiger partial charge < -0.3 is 19.3 Å². The first-order valence-electron chi connectivity index (χ1n) is 9.60. The molecule has 0 bridgehead atoms. The van der Waals surface area contributed by atoms with Crippen molar-refractivity contribution in [2.24, 2.45) is 0 Å². The lowest BCUT2D eigenvalue weighted by Crippen LogP contribution is -2.51. The molecule has 0 saturated carbocycles. The number of aromatic nitrogens is 1. The summed E-state index contributed by atoms with van der Waals surface area (Å²) < 4.78 is 10.6. The highest BCUT2D eigenvalue weighted by atomic mass is 32.1. The number of nitrogens with zero attached hydrogens (tertiary/aromatic N) is 3. The van der Waals surface area contributed by atoms with Crippen molar-refractivity contribution in [2.75, 3.05) is 33.3 Å². The van der Waals surface area contributed by atoms with Crippen LogP contribution < -0.4 is 4.74 Å². The molecule has 1 aliphatic rings. The second kappa shape index (κ2) is 8.82. The molecular weight excluding hydrogens is 390 g/mol. The van der Waals surface area contributed by atoms with Crippen LogP contribution in [0.1, 0.15) is 41.8 Å². The van der Waals surface area contributed by atoms with Gasteiger partial charge in [-0.2, -0.15) is 0 Å². The van der Waals surface area contributed by atoms with Crippen molar-refractivity contribution < 1.29 is 19.1 Å². The van der Waals surface area contributed by atoms with Crippen molar-refractivity contribution in [3.05, 3.63) is 45.9 Å². The zero-order valence-corrected chi connectivity index (χ0v) is 18.1. The maximum Gasteiger partial charge on any atom is 0.410 e. The van der Waals surface area contributed by atoms with Gasteiger partial charge in [-0.3, -0.25) is 4.79 Å². The van der Waals surface area contributed by atoms with E-state index in [4.69, 9.17) is 9.47 Å². The normalized spacial score (nSPS) is 14.6. The number of hydrogen-bond acceptors (Lipinski definition) is 6. The highest BCUT2D eigenvalue weighted by Gasteiger charge is 2.28. The van der Waals surface area contributed by atoms with Crippen molar-refractivity contribution in [1.82, 2.24) is 14.8 Å². The number of carbonyl (C=O) groups excluding carboxylic acids is 2. The standard InChI is InChI=1S/C21H27N3O4S/c1-21(2,3)28-20(26)24-11-9-23(10-12-24)19(25)17-14-29-18(22-17)13-15-5-7-16(27-4)8-6-15/h5-8,14H,9-13H2,1-4H3. The zero-order chi connectivity index (χ0) is 21.0. The number of methoxy groups -OCH3 is 1. The average molecular weight is 418 g/mol. The molecule has 0 spiro atoms. The molecule has 2 heterocycles. The molecule has 156 valence electrons. The van der Waals surface area contributed by atoms with Gasteiger partial charge in [-0.25, -0.2) is 9.78 Å². The summed E-state index contributed by atoms with van der Waals surface area (Å²) in [6.45, 7) is 7.41. The van der Waals surface area contributed by atoms with E-state index in [9.17, 15) is 9.59 Å². The van der Waals surface area contributed by atoms with E-state index in [0.717, 1.165) is 16.3 Å². The Labute approximate surface area is 175 Å². The molecule has 0 unspecified atom stereocenters. The second-order valence-electron chi connectivity index (χ2n) is 7.91. The Kier molecular flexibility index (Phi) is 6.42. The van der Waals surface area contributed by atoms with Crippen molar-refractivity contribution in [3.63, 3.8) is 0 Å². The summed E-state index contributed by atoms with van der Waals surface area (Å²) in [4.78, 5) is 32.8. The van der Waals surface area contributed by atoms with Gasteiger partial charge in [-0.1, -0.05) is 12.1 Å². The van der Waals surface area contributed by atoms with E-state index < -0.39 is 5.60 Å². The van der Waals surface area contributed by atoms with Crippen molar-refractivity contribution >= 4 is 23.3 Å². The molecule has 1 aromatic heterocycles. The van der Waals surface area contributed by atoms with E-state index >= 15 is 0 Å². The number of hydrogen-bond donors (Lipinski definition) is 0. The number of rotatable bonds is 4. The quantitative estimate of drug-likeness (QED) is 0.762. The van der Waals surface area contributed by atoms with E-state index in [1.54, 1.807) is 22.3 Å². The second-order valence-corrected chi connectivity index (χ2v) is 8.85. The molecule has 7 nitrogen and oxygen atoms in total. The lowest BCUT2D eigenvalue weighted by molar-refractivity contribution is 0.0140. The van der Waals surface area contributed by atoms with Crippen LogP contribution in [-0.2, 0) is 11.2 Å². The maximum atomic E-state index is 12.8. The van der Waals surface area contributed by atoms with Gasteiger partial charge in [-0.05, 0) is 38.5 Å². The average Bonchev–Trinajstić information content (AvgIpc) is 3.15. The number of carbonyl (C=O) groups is 2. The number of ether oxygens (including phenoxy) is 2. The van der Waals surface area contributed by atoms with Crippen molar-refractivity contribution in [1.29, 1.82) is 0 Å². The number of thiazole rings is 1. The fourth-order valence-corrected chi connectivity index (χ4v) is 3.79. The van der Waals surface area contributed by atoms with Crippen LogP contribution in [0.5, 0.6) is 5.75 Å². The lowest BCUT2D eigenvalue weighted by Gasteiger charge is -2.35. The number of benzene rings is 1. The summed E-state index contributed by atoms with van der Waals surface area (Å²) in [5.74, 6) is 0.723. The third kappa shape index (κ3) is 5.69. The van der Waals surface area contributed by atoms with Gasteiger partial charge in [0.2, 0.25) is 0 Å². The Balaban J connectivity index is 1.54. The summed E-state index contributed by atoms with van der Waals surface area (Å²) in [5, 5.41) is 2.70. The van der Waals surface area contributed by atoms with E-state index in [0.29, 0.717) is 38.3 Å². The van der Waals surface area contributed by atoms with Gasteiger partial charge >= 0.3 is 6.09 Å². The molecular formula is C21H27N3O4S. The number of amides is 2. The first-order chi connectivity index (χ1) is 13.7. The molecule has 1 aliphatic heterocycles. The molecule has 0 radical (unpaired) electrons. The first kappa shape index (κ1) is 21.1. The SMILES string of the molecule is COc1ccc(Cc2nc(C(=O)N3CCN(C(=O)OC(C)(C)C)CC3)cs2)cc1. The molecule has 3 rings (SSSR count). The molecule has 2 amide bonds. The third-order valence-electron chi connectivity index (χ3n) is 4.50. The Morgan fingerprint density at radius 3 is 2.28 bits per heavy atom. The minimum atomic E-state index is -0.523. The molecule has 8 heteroatoms. The van der Waals surface area contributed by atoms with Crippen LogP contribution >= 0.6 is 11.3 Å². The summed E-state index contributed by atoms with van der Waals surface area (Å²) in [6, 6.07) is 7.83. The zero-order valence-electron chi connectivity index (χ0n) is 17.3. The van der Waals surface area contributed by atoms with E-state index in [2.05, 4.69) is 4.98 Å². The molecule has 1 aromatic carbocycles. The predicted octanol–water partition coefficient (Wildman–Crippen LogP) is 3.44. The summed E-state index contributed by atoms with van der Waals surface area (Å²) in [5.41, 5.74) is 1.06. The van der Waals surface area contributed by atoms with Crippen LogP contribution in [0, 0.1) is 0 Å². The lowest BCUT2D eigenvalue weighted by atomic mass is 10.1. The van der Waals surface area contributed by atoms with Crippen LogP contribution in [0.25, 0.3) is 0 Å². The Morgan fingerprint density at radius 2 is 1.69 bits per heavy atom. The minimum absolute atomic E-state index is 0.0916. The van der Waals surface area contributed by atoms with E-state index in [1.165, 1.54) is 11.3 Å². The van der Waals surface area contributed by atoms with Gasteiger partial charge in [0.05, 0.1) is 12.1 Å². The fraction of sp³-hybridized carbons (Fsp3) is 0.476. The van der Waals surface area contributed by atoms with Gasteiger partial charge in [0.1, 0.15) is 17.0 Å². The smallest absolute Gasteiger partial charge is 0.410 e. The Hall–Kier alpha value is -2.61. The third-order valence-corrected chi connectivity index (χ3v) is 5.35. The summed E-state index contributed by atoms with van der Waals surface area (Å²) >= 11 is 1.48. The fourth-order valence-electron chi connectivity index (χ4n) is 2.99. The molecule has 0 N–H and O–H groups in total.